The second kappa shape index (κ2) is 6.79. The van der Waals surface area contributed by atoms with Gasteiger partial charge in [0.15, 0.2) is 0 Å². The molecule has 5 heteroatoms. The molecule has 2 amide bonds. The molecule has 1 aromatic rings. The van der Waals surface area contributed by atoms with Gasteiger partial charge >= 0.3 is 0 Å². The van der Waals surface area contributed by atoms with Crippen LogP contribution in [0.25, 0.3) is 0 Å². The van der Waals surface area contributed by atoms with Crippen LogP contribution >= 0.6 is 11.8 Å². The van der Waals surface area contributed by atoms with E-state index >= 15 is 0 Å². The average molecular weight is 292 g/mol. The lowest BCUT2D eigenvalue weighted by Gasteiger charge is -2.32. The quantitative estimate of drug-likeness (QED) is 0.861. The summed E-state index contributed by atoms with van der Waals surface area (Å²) in [5.41, 5.74) is 1.23. The number of piperazine rings is 1. The van der Waals surface area contributed by atoms with Crippen molar-refractivity contribution in [2.75, 3.05) is 18.8 Å². The van der Waals surface area contributed by atoms with Gasteiger partial charge in [0.05, 0.1) is 0 Å². The SMILES string of the molecule is Cc1ccc(SCCC(=O)N2CCNC(=O)C2C)cc1. The zero-order valence-electron chi connectivity index (χ0n) is 11.9. The largest absolute Gasteiger partial charge is 0.353 e. The summed E-state index contributed by atoms with van der Waals surface area (Å²) >= 11 is 1.68. The Bertz CT molecular complexity index is 487. The van der Waals surface area contributed by atoms with Crippen molar-refractivity contribution in [3.63, 3.8) is 0 Å². The first-order valence-electron chi connectivity index (χ1n) is 6.84. The monoisotopic (exact) mass is 292 g/mol. The molecular weight excluding hydrogens is 272 g/mol. The fourth-order valence-corrected chi connectivity index (χ4v) is 3.00. The topological polar surface area (TPSA) is 49.4 Å². The van der Waals surface area contributed by atoms with E-state index in [4.69, 9.17) is 0 Å². The highest BCUT2D eigenvalue weighted by atomic mass is 32.2. The van der Waals surface area contributed by atoms with Crippen molar-refractivity contribution in [2.45, 2.75) is 31.2 Å². The van der Waals surface area contributed by atoms with Crippen LogP contribution in [-0.2, 0) is 9.59 Å². The number of carbonyl (C=O) groups is 2. The van der Waals surface area contributed by atoms with Crippen molar-refractivity contribution in [1.82, 2.24) is 10.2 Å². The van der Waals surface area contributed by atoms with Crippen LogP contribution in [0.1, 0.15) is 18.9 Å². The van der Waals surface area contributed by atoms with Gasteiger partial charge in [0.25, 0.3) is 0 Å². The Morgan fingerprint density at radius 2 is 2.10 bits per heavy atom. The summed E-state index contributed by atoms with van der Waals surface area (Å²) in [4.78, 5) is 26.5. The summed E-state index contributed by atoms with van der Waals surface area (Å²) in [5.74, 6) is 0.745. The number of rotatable bonds is 4. The van der Waals surface area contributed by atoms with E-state index in [2.05, 4.69) is 36.5 Å². The number of aryl methyl sites for hydroxylation is 1. The highest BCUT2D eigenvalue weighted by molar-refractivity contribution is 7.99. The summed E-state index contributed by atoms with van der Waals surface area (Å²) in [7, 11) is 0. The number of amides is 2. The lowest BCUT2D eigenvalue weighted by Crippen LogP contribution is -2.55. The predicted octanol–water partition coefficient (Wildman–Crippen LogP) is 1.82. The van der Waals surface area contributed by atoms with Crippen LogP contribution in [0.15, 0.2) is 29.2 Å². The van der Waals surface area contributed by atoms with Gasteiger partial charge in [0, 0.05) is 30.2 Å². The van der Waals surface area contributed by atoms with Crippen LogP contribution in [0, 0.1) is 6.92 Å². The highest BCUT2D eigenvalue weighted by Crippen LogP contribution is 2.19. The van der Waals surface area contributed by atoms with Gasteiger partial charge < -0.3 is 10.2 Å². The fraction of sp³-hybridized carbons (Fsp3) is 0.467. The molecule has 0 aromatic heterocycles. The van der Waals surface area contributed by atoms with E-state index in [-0.39, 0.29) is 17.9 Å². The first-order chi connectivity index (χ1) is 9.58. The van der Waals surface area contributed by atoms with Crippen LogP contribution in [0.3, 0.4) is 0 Å². The van der Waals surface area contributed by atoms with Crippen molar-refractivity contribution >= 4 is 23.6 Å². The third-order valence-corrected chi connectivity index (χ3v) is 4.44. The second-order valence-electron chi connectivity index (χ2n) is 4.97. The third-order valence-electron chi connectivity index (χ3n) is 3.42. The molecule has 1 heterocycles. The molecule has 1 unspecified atom stereocenters. The predicted molar refractivity (Wildman–Crippen MR) is 80.7 cm³/mol. The molecule has 0 saturated carbocycles. The molecule has 1 fully saturated rings. The minimum Gasteiger partial charge on any atom is -0.353 e. The summed E-state index contributed by atoms with van der Waals surface area (Å²) in [6.45, 7) is 5.00. The van der Waals surface area contributed by atoms with Crippen LogP contribution in [0.5, 0.6) is 0 Å². The van der Waals surface area contributed by atoms with Gasteiger partial charge in [-0.2, -0.15) is 0 Å². The number of hydrogen-bond acceptors (Lipinski definition) is 3. The van der Waals surface area contributed by atoms with Gasteiger partial charge in [0.1, 0.15) is 6.04 Å². The smallest absolute Gasteiger partial charge is 0.242 e. The van der Waals surface area contributed by atoms with E-state index < -0.39 is 0 Å². The van der Waals surface area contributed by atoms with Gasteiger partial charge in [-0.15, -0.1) is 11.8 Å². The molecule has 1 atom stereocenters. The van der Waals surface area contributed by atoms with Gasteiger partial charge in [-0.05, 0) is 26.0 Å². The number of hydrogen-bond donors (Lipinski definition) is 1. The number of nitrogens with one attached hydrogen (secondary N) is 1. The summed E-state index contributed by atoms with van der Waals surface area (Å²) in [6, 6.07) is 7.94. The Balaban J connectivity index is 1.80. The molecule has 4 nitrogen and oxygen atoms in total. The molecule has 1 saturated heterocycles. The zero-order valence-corrected chi connectivity index (χ0v) is 12.7. The molecule has 0 aliphatic carbocycles. The van der Waals surface area contributed by atoms with E-state index in [1.165, 1.54) is 10.5 Å². The first kappa shape index (κ1) is 14.9. The van der Waals surface area contributed by atoms with Crippen molar-refractivity contribution < 1.29 is 9.59 Å². The number of thioether (sulfide) groups is 1. The molecular formula is C15H20N2O2S. The Hall–Kier alpha value is -1.49. The Kier molecular flexibility index (Phi) is 5.06. The number of nitrogens with zero attached hydrogens (tertiary/aromatic N) is 1. The van der Waals surface area contributed by atoms with E-state index in [0.717, 1.165) is 5.75 Å². The molecule has 108 valence electrons. The van der Waals surface area contributed by atoms with E-state index in [1.54, 1.807) is 23.6 Å². The van der Waals surface area contributed by atoms with Gasteiger partial charge in [-0.1, -0.05) is 17.7 Å². The van der Waals surface area contributed by atoms with Crippen LogP contribution in [-0.4, -0.2) is 41.6 Å². The maximum absolute atomic E-state index is 12.1. The molecule has 0 radical (unpaired) electrons. The number of benzene rings is 1. The van der Waals surface area contributed by atoms with E-state index in [9.17, 15) is 9.59 Å². The van der Waals surface area contributed by atoms with E-state index in [1.807, 2.05) is 0 Å². The minimum atomic E-state index is -0.347. The van der Waals surface area contributed by atoms with Crippen LogP contribution < -0.4 is 5.32 Å². The van der Waals surface area contributed by atoms with Crippen molar-refractivity contribution in [2.24, 2.45) is 0 Å². The Labute approximate surface area is 123 Å². The third kappa shape index (κ3) is 3.76. The van der Waals surface area contributed by atoms with Crippen LogP contribution in [0.2, 0.25) is 0 Å². The fourth-order valence-electron chi connectivity index (χ4n) is 2.16. The zero-order chi connectivity index (χ0) is 14.5. The van der Waals surface area contributed by atoms with Crippen molar-refractivity contribution in [3.05, 3.63) is 29.8 Å². The standard InChI is InChI=1S/C15H20N2O2S/c1-11-3-5-13(6-4-11)20-10-7-14(18)17-9-8-16-15(19)12(17)2/h3-6,12H,7-10H2,1-2H3,(H,16,19). The Morgan fingerprint density at radius 1 is 1.40 bits per heavy atom. The molecule has 0 spiro atoms. The van der Waals surface area contributed by atoms with Crippen LogP contribution in [0.4, 0.5) is 0 Å². The molecule has 1 aliphatic heterocycles. The summed E-state index contributed by atoms with van der Waals surface area (Å²) < 4.78 is 0. The molecule has 2 rings (SSSR count). The van der Waals surface area contributed by atoms with E-state index in [0.29, 0.717) is 19.5 Å². The molecule has 0 bridgehead atoms. The van der Waals surface area contributed by atoms with Gasteiger partial charge in [-0.3, -0.25) is 9.59 Å². The van der Waals surface area contributed by atoms with Gasteiger partial charge in [-0.25, -0.2) is 0 Å². The molecule has 20 heavy (non-hydrogen) atoms. The first-order valence-corrected chi connectivity index (χ1v) is 7.83. The maximum Gasteiger partial charge on any atom is 0.242 e. The lowest BCUT2D eigenvalue weighted by atomic mass is 10.2. The molecule has 1 aromatic carbocycles. The van der Waals surface area contributed by atoms with Crippen molar-refractivity contribution in [3.8, 4) is 0 Å². The van der Waals surface area contributed by atoms with Gasteiger partial charge in [0.2, 0.25) is 11.8 Å². The second-order valence-corrected chi connectivity index (χ2v) is 6.13. The molecule has 1 N–H and O–H groups in total. The highest BCUT2D eigenvalue weighted by Gasteiger charge is 2.28. The maximum atomic E-state index is 12.1. The Morgan fingerprint density at radius 3 is 2.80 bits per heavy atom. The number of carbonyl (C=O) groups excluding carboxylic acids is 2. The van der Waals surface area contributed by atoms with Crippen molar-refractivity contribution in [1.29, 1.82) is 0 Å². The summed E-state index contributed by atoms with van der Waals surface area (Å²) in [5, 5.41) is 2.77. The minimum absolute atomic E-state index is 0.0595. The molecule has 1 aliphatic rings. The lowest BCUT2D eigenvalue weighted by molar-refractivity contribution is -0.142. The summed E-state index contributed by atoms with van der Waals surface area (Å²) in [6.07, 6.45) is 0.468. The average Bonchev–Trinajstić information content (AvgIpc) is 2.44. The normalized spacial score (nSPS) is 18.8.